The largest absolute Gasteiger partial charge is 0.354 e. The molecule has 2 aliphatic rings. The van der Waals surface area contributed by atoms with Crippen molar-refractivity contribution in [2.45, 2.75) is 77.2 Å². The van der Waals surface area contributed by atoms with Gasteiger partial charge in [-0.2, -0.15) is 0 Å². The third kappa shape index (κ3) is 4.33. The van der Waals surface area contributed by atoms with Crippen LogP contribution in [0, 0.1) is 11.8 Å². The molecule has 2 nitrogen and oxygen atoms in total. The van der Waals surface area contributed by atoms with Gasteiger partial charge in [-0.05, 0) is 31.1 Å². The second kappa shape index (κ2) is 6.42. The second-order valence-corrected chi connectivity index (χ2v) is 6.17. The lowest BCUT2D eigenvalue weighted by Crippen LogP contribution is -2.37. The summed E-state index contributed by atoms with van der Waals surface area (Å²) in [5, 5.41) is 3.11. The Balaban J connectivity index is 1.74. The van der Waals surface area contributed by atoms with E-state index in [4.69, 9.17) is 0 Å². The average molecular weight is 237 g/mol. The van der Waals surface area contributed by atoms with Gasteiger partial charge in [-0.1, -0.05) is 44.9 Å². The minimum absolute atomic E-state index is 0.147. The zero-order chi connectivity index (χ0) is 12.1. The van der Waals surface area contributed by atoms with Crippen LogP contribution in [0.5, 0.6) is 0 Å². The summed E-state index contributed by atoms with van der Waals surface area (Å²) >= 11 is 0. The molecular formula is C15H27NO. The lowest BCUT2D eigenvalue weighted by molar-refractivity contribution is -0.119. The van der Waals surface area contributed by atoms with Crippen molar-refractivity contribution >= 4 is 5.91 Å². The fourth-order valence-electron chi connectivity index (χ4n) is 3.82. The topological polar surface area (TPSA) is 29.1 Å². The molecule has 0 radical (unpaired) electrons. The van der Waals surface area contributed by atoms with Gasteiger partial charge in [0.05, 0.1) is 0 Å². The van der Waals surface area contributed by atoms with Gasteiger partial charge in [0.15, 0.2) is 0 Å². The number of amides is 1. The summed E-state index contributed by atoms with van der Waals surface area (Å²) in [7, 11) is 0. The molecular weight excluding hydrogens is 210 g/mol. The summed E-state index contributed by atoms with van der Waals surface area (Å²) in [6.45, 7) is 1.64. The van der Waals surface area contributed by atoms with Crippen molar-refractivity contribution in [3.8, 4) is 0 Å². The minimum atomic E-state index is 0.147. The Morgan fingerprint density at radius 2 is 1.71 bits per heavy atom. The lowest BCUT2D eigenvalue weighted by atomic mass is 9.76. The smallest absolute Gasteiger partial charge is 0.217 e. The fraction of sp³-hybridized carbons (Fsp3) is 0.933. The van der Waals surface area contributed by atoms with E-state index >= 15 is 0 Å². The molecule has 1 N–H and O–H groups in total. The predicted molar refractivity (Wildman–Crippen MR) is 70.8 cm³/mol. The van der Waals surface area contributed by atoms with Crippen molar-refractivity contribution in [2.24, 2.45) is 11.8 Å². The SMILES string of the molecule is CC(=O)N[C@@H]1CCC[C@@H](CC2CCCCC2)C1. The zero-order valence-electron chi connectivity index (χ0n) is 11.2. The Labute approximate surface area is 106 Å². The summed E-state index contributed by atoms with van der Waals surface area (Å²) in [6.07, 6.45) is 13.8. The molecule has 0 spiro atoms. The first-order valence-electron chi connectivity index (χ1n) is 7.51. The number of nitrogens with one attached hydrogen (secondary N) is 1. The van der Waals surface area contributed by atoms with Crippen LogP contribution >= 0.6 is 0 Å². The molecule has 0 aromatic carbocycles. The predicted octanol–water partition coefficient (Wildman–Crippen LogP) is 3.65. The molecule has 2 heteroatoms. The maximum Gasteiger partial charge on any atom is 0.217 e. The quantitative estimate of drug-likeness (QED) is 0.797. The van der Waals surface area contributed by atoms with E-state index in [1.807, 2.05) is 0 Å². The van der Waals surface area contributed by atoms with Crippen LogP contribution in [0.4, 0.5) is 0 Å². The number of carbonyl (C=O) groups excluding carboxylic acids is 1. The summed E-state index contributed by atoms with van der Waals surface area (Å²) < 4.78 is 0. The van der Waals surface area contributed by atoms with E-state index in [0.29, 0.717) is 6.04 Å². The Kier molecular flexibility index (Phi) is 4.87. The molecule has 2 atom stereocenters. The van der Waals surface area contributed by atoms with Crippen molar-refractivity contribution in [1.29, 1.82) is 0 Å². The van der Waals surface area contributed by atoms with Gasteiger partial charge in [0.2, 0.25) is 5.91 Å². The molecule has 0 bridgehead atoms. The van der Waals surface area contributed by atoms with Crippen molar-refractivity contribution in [3.05, 3.63) is 0 Å². The average Bonchev–Trinajstić information content (AvgIpc) is 2.30. The van der Waals surface area contributed by atoms with Gasteiger partial charge in [-0.25, -0.2) is 0 Å². The van der Waals surface area contributed by atoms with E-state index < -0.39 is 0 Å². The Bertz CT molecular complexity index is 245. The molecule has 98 valence electrons. The van der Waals surface area contributed by atoms with Crippen molar-refractivity contribution in [3.63, 3.8) is 0 Å². The van der Waals surface area contributed by atoms with Crippen molar-refractivity contribution in [1.82, 2.24) is 5.32 Å². The van der Waals surface area contributed by atoms with Crippen LogP contribution in [0.3, 0.4) is 0 Å². The lowest BCUT2D eigenvalue weighted by Gasteiger charge is -2.33. The van der Waals surface area contributed by atoms with Gasteiger partial charge < -0.3 is 5.32 Å². The highest BCUT2D eigenvalue weighted by Crippen LogP contribution is 2.35. The van der Waals surface area contributed by atoms with Crippen LogP contribution in [0.15, 0.2) is 0 Å². The maximum atomic E-state index is 11.1. The molecule has 1 amide bonds. The Morgan fingerprint density at radius 3 is 2.41 bits per heavy atom. The molecule has 2 saturated carbocycles. The van der Waals surface area contributed by atoms with Gasteiger partial charge in [-0.3, -0.25) is 4.79 Å². The summed E-state index contributed by atoms with van der Waals surface area (Å²) in [5.41, 5.74) is 0. The van der Waals surface area contributed by atoms with Crippen LogP contribution in [-0.2, 0) is 4.79 Å². The van der Waals surface area contributed by atoms with Crippen LogP contribution in [-0.4, -0.2) is 11.9 Å². The van der Waals surface area contributed by atoms with Gasteiger partial charge in [-0.15, -0.1) is 0 Å². The minimum Gasteiger partial charge on any atom is -0.354 e. The van der Waals surface area contributed by atoms with E-state index in [0.717, 1.165) is 11.8 Å². The monoisotopic (exact) mass is 237 g/mol. The first-order valence-corrected chi connectivity index (χ1v) is 7.51. The third-order valence-corrected chi connectivity index (χ3v) is 4.58. The number of hydrogen-bond donors (Lipinski definition) is 1. The molecule has 0 heterocycles. The van der Waals surface area contributed by atoms with Crippen molar-refractivity contribution in [2.75, 3.05) is 0 Å². The van der Waals surface area contributed by atoms with Crippen LogP contribution < -0.4 is 5.32 Å². The van der Waals surface area contributed by atoms with E-state index in [2.05, 4.69) is 5.32 Å². The molecule has 0 saturated heterocycles. The number of rotatable bonds is 3. The molecule has 2 fully saturated rings. The van der Waals surface area contributed by atoms with E-state index in [1.165, 1.54) is 64.2 Å². The molecule has 17 heavy (non-hydrogen) atoms. The van der Waals surface area contributed by atoms with Crippen molar-refractivity contribution < 1.29 is 4.79 Å². The molecule has 0 aromatic heterocycles. The van der Waals surface area contributed by atoms with E-state index in [1.54, 1.807) is 6.92 Å². The molecule has 0 unspecified atom stereocenters. The van der Waals surface area contributed by atoms with E-state index in [-0.39, 0.29) is 5.91 Å². The molecule has 2 aliphatic carbocycles. The Hall–Kier alpha value is -0.530. The summed E-state index contributed by atoms with van der Waals surface area (Å²) in [4.78, 5) is 11.1. The highest BCUT2D eigenvalue weighted by atomic mass is 16.1. The van der Waals surface area contributed by atoms with Gasteiger partial charge in [0, 0.05) is 13.0 Å². The highest BCUT2D eigenvalue weighted by Gasteiger charge is 2.25. The molecule has 2 rings (SSSR count). The standard InChI is InChI=1S/C15H27NO/c1-12(17)16-15-9-5-8-14(11-15)10-13-6-3-2-4-7-13/h13-15H,2-11H2,1H3,(H,16,17)/t14-,15+/m0/s1. The first kappa shape index (κ1) is 12.9. The van der Waals surface area contributed by atoms with Crippen LogP contribution in [0.25, 0.3) is 0 Å². The van der Waals surface area contributed by atoms with Gasteiger partial charge in [0.1, 0.15) is 0 Å². The maximum absolute atomic E-state index is 11.1. The summed E-state index contributed by atoms with van der Waals surface area (Å²) in [5.74, 6) is 2.02. The molecule has 0 aliphatic heterocycles. The third-order valence-electron chi connectivity index (χ3n) is 4.58. The van der Waals surface area contributed by atoms with Gasteiger partial charge in [0.25, 0.3) is 0 Å². The molecule has 0 aromatic rings. The van der Waals surface area contributed by atoms with E-state index in [9.17, 15) is 4.79 Å². The fourth-order valence-corrected chi connectivity index (χ4v) is 3.82. The number of carbonyl (C=O) groups is 1. The Morgan fingerprint density at radius 1 is 1.00 bits per heavy atom. The van der Waals surface area contributed by atoms with Crippen LogP contribution in [0.1, 0.15) is 71.1 Å². The van der Waals surface area contributed by atoms with Crippen LogP contribution in [0.2, 0.25) is 0 Å². The van der Waals surface area contributed by atoms with Gasteiger partial charge >= 0.3 is 0 Å². The number of hydrogen-bond acceptors (Lipinski definition) is 1. The summed E-state index contributed by atoms with van der Waals surface area (Å²) in [6, 6.07) is 0.467. The highest BCUT2D eigenvalue weighted by molar-refractivity contribution is 5.73. The zero-order valence-corrected chi connectivity index (χ0v) is 11.2. The second-order valence-electron chi connectivity index (χ2n) is 6.17. The normalized spacial score (nSPS) is 31.1. The first-order chi connectivity index (χ1) is 8.24.